The molecule has 1 unspecified atom stereocenters. The van der Waals surface area contributed by atoms with Gasteiger partial charge in [-0.25, -0.2) is 23.7 Å². The number of H-pyrrole nitrogens is 1. The van der Waals surface area contributed by atoms with E-state index in [-0.39, 0.29) is 11.9 Å². The third-order valence-corrected chi connectivity index (χ3v) is 5.85. The number of pyridine rings is 1. The maximum atomic E-state index is 14.3. The van der Waals surface area contributed by atoms with E-state index in [4.69, 9.17) is 0 Å². The molecule has 3 aromatic rings. The van der Waals surface area contributed by atoms with Gasteiger partial charge < -0.3 is 10.3 Å². The number of hydrogen-bond acceptors (Lipinski definition) is 4. The Balaban J connectivity index is 1.49. The van der Waals surface area contributed by atoms with E-state index in [2.05, 4.69) is 25.3 Å². The minimum atomic E-state index is -0.459. The van der Waals surface area contributed by atoms with E-state index in [1.54, 1.807) is 6.20 Å². The van der Waals surface area contributed by atoms with Crippen molar-refractivity contribution in [2.24, 2.45) is 11.8 Å². The molecule has 3 aliphatic rings. The lowest BCUT2D eigenvalue weighted by Gasteiger charge is -2.42. The molecule has 3 saturated carbocycles. The van der Waals surface area contributed by atoms with Crippen LogP contribution in [0.15, 0.2) is 24.7 Å². The van der Waals surface area contributed by atoms with E-state index < -0.39 is 11.6 Å². The molecular weight excluding hydrogens is 336 g/mol. The van der Waals surface area contributed by atoms with Crippen LogP contribution in [0.1, 0.15) is 32.1 Å². The number of hydrogen-bond donors (Lipinski definition) is 2. The summed E-state index contributed by atoms with van der Waals surface area (Å²) < 4.78 is 27.9. The number of aromatic nitrogens is 4. The highest BCUT2D eigenvalue weighted by Gasteiger charge is 2.36. The topological polar surface area (TPSA) is 66.5 Å². The van der Waals surface area contributed by atoms with Crippen LogP contribution in [-0.4, -0.2) is 26.0 Å². The quantitative estimate of drug-likeness (QED) is 0.736. The van der Waals surface area contributed by atoms with Crippen molar-refractivity contribution in [3.63, 3.8) is 0 Å². The summed E-state index contributed by atoms with van der Waals surface area (Å²) in [5.74, 6) is 1.02. The predicted molar refractivity (Wildman–Crippen MR) is 94.5 cm³/mol. The Morgan fingerprint density at radius 1 is 1.08 bits per heavy atom. The standard InChI is InChI=1S/C19H19F2N5/c20-12-6-13-14(8-23-17(13)22-7-12)18-24-9-15(21)19(26-18)25-16-5-10-1-3-11(16)4-2-10/h6-11,16H,1-5H2,(H,22,23)(H,24,25,26). The van der Waals surface area contributed by atoms with Gasteiger partial charge in [-0.3, -0.25) is 0 Å². The number of nitrogens with one attached hydrogen (secondary N) is 2. The van der Waals surface area contributed by atoms with Crippen molar-refractivity contribution in [1.29, 1.82) is 0 Å². The number of fused-ring (bicyclic) bond motifs is 4. The average molecular weight is 355 g/mol. The molecule has 3 aliphatic carbocycles. The molecule has 7 heteroatoms. The second kappa shape index (κ2) is 6.00. The molecule has 3 heterocycles. The fourth-order valence-electron chi connectivity index (χ4n) is 4.49. The van der Waals surface area contributed by atoms with Crippen LogP contribution in [0.3, 0.4) is 0 Å². The first kappa shape index (κ1) is 15.7. The van der Waals surface area contributed by atoms with Gasteiger partial charge in [-0.1, -0.05) is 12.8 Å². The second-order valence-corrected chi connectivity index (χ2v) is 7.41. The van der Waals surface area contributed by atoms with Crippen LogP contribution in [0.25, 0.3) is 22.4 Å². The number of aromatic amines is 1. The van der Waals surface area contributed by atoms with E-state index in [1.165, 1.54) is 37.9 Å². The van der Waals surface area contributed by atoms with Crippen molar-refractivity contribution in [1.82, 2.24) is 19.9 Å². The Morgan fingerprint density at radius 3 is 2.69 bits per heavy atom. The fraction of sp³-hybridized carbons (Fsp3) is 0.421. The summed E-state index contributed by atoms with van der Waals surface area (Å²) in [7, 11) is 0. The summed E-state index contributed by atoms with van der Waals surface area (Å²) in [6.07, 6.45) is 10.1. The zero-order chi connectivity index (χ0) is 17.7. The zero-order valence-electron chi connectivity index (χ0n) is 14.2. The molecule has 0 saturated heterocycles. The summed E-state index contributed by atoms with van der Waals surface area (Å²) in [6, 6.07) is 1.65. The molecule has 26 heavy (non-hydrogen) atoms. The Labute approximate surface area is 149 Å². The smallest absolute Gasteiger partial charge is 0.183 e. The first-order valence-corrected chi connectivity index (χ1v) is 9.09. The molecule has 1 atom stereocenters. The third-order valence-electron chi connectivity index (χ3n) is 5.85. The van der Waals surface area contributed by atoms with Gasteiger partial charge in [-0.05, 0) is 37.2 Å². The van der Waals surface area contributed by atoms with Gasteiger partial charge in [0.05, 0.1) is 12.4 Å². The SMILES string of the molecule is Fc1cnc2[nH]cc(-c3ncc(F)c(NC4CC5CCC4CC5)n3)c2c1. The molecule has 3 aromatic heterocycles. The third kappa shape index (κ3) is 2.62. The van der Waals surface area contributed by atoms with Crippen LogP contribution in [-0.2, 0) is 0 Å². The lowest BCUT2D eigenvalue weighted by Crippen LogP contribution is -2.40. The van der Waals surface area contributed by atoms with Crippen LogP contribution in [0.2, 0.25) is 0 Å². The minimum absolute atomic E-state index is 0.228. The Kier molecular flexibility index (Phi) is 3.62. The van der Waals surface area contributed by atoms with Crippen molar-refractivity contribution >= 4 is 16.9 Å². The monoisotopic (exact) mass is 355 g/mol. The molecule has 0 amide bonds. The molecule has 134 valence electrons. The van der Waals surface area contributed by atoms with Gasteiger partial charge in [0, 0.05) is 23.2 Å². The number of rotatable bonds is 3. The lowest BCUT2D eigenvalue weighted by molar-refractivity contribution is 0.157. The van der Waals surface area contributed by atoms with E-state index in [0.717, 1.165) is 18.5 Å². The molecule has 5 nitrogen and oxygen atoms in total. The largest absolute Gasteiger partial charge is 0.364 e. The van der Waals surface area contributed by atoms with Gasteiger partial charge in [0.15, 0.2) is 17.5 Å². The Morgan fingerprint density at radius 2 is 1.92 bits per heavy atom. The molecule has 0 aliphatic heterocycles. The molecule has 0 aromatic carbocycles. The van der Waals surface area contributed by atoms with Crippen molar-refractivity contribution in [2.45, 2.75) is 38.1 Å². The lowest BCUT2D eigenvalue weighted by atomic mass is 9.68. The summed E-state index contributed by atoms with van der Waals surface area (Å²) in [5.41, 5.74) is 1.16. The van der Waals surface area contributed by atoms with Gasteiger partial charge in [-0.2, -0.15) is 0 Å². The predicted octanol–water partition coefficient (Wildman–Crippen LogP) is 4.29. The molecule has 0 radical (unpaired) electrons. The minimum Gasteiger partial charge on any atom is -0.364 e. The van der Waals surface area contributed by atoms with Gasteiger partial charge in [0.25, 0.3) is 0 Å². The molecule has 2 N–H and O–H groups in total. The highest BCUT2D eigenvalue weighted by atomic mass is 19.1. The fourth-order valence-corrected chi connectivity index (χ4v) is 4.49. The van der Waals surface area contributed by atoms with E-state index in [0.29, 0.717) is 28.3 Å². The first-order valence-electron chi connectivity index (χ1n) is 9.09. The van der Waals surface area contributed by atoms with Crippen LogP contribution in [0.4, 0.5) is 14.6 Å². The summed E-state index contributed by atoms with van der Waals surface area (Å²) in [4.78, 5) is 15.5. The van der Waals surface area contributed by atoms with Crippen molar-refractivity contribution in [2.75, 3.05) is 5.32 Å². The van der Waals surface area contributed by atoms with E-state index in [9.17, 15) is 8.78 Å². The van der Waals surface area contributed by atoms with E-state index in [1.807, 2.05) is 0 Å². The molecule has 3 fully saturated rings. The van der Waals surface area contributed by atoms with Gasteiger partial charge in [-0.15, -0.1) is 0 Å². The van der Waals surface area contributed by atoms with Crippen molar-refractivity contribution in [3.05, 3.63) is 36.3 Å². The first-order chi connectivity index (χ1) is 12.7. The highest BCUT2D eigenvalue weighted by molar-refractivity contribution is 5.91. The highest BCUT2D eigenvalue weighted by Crippen LogP contribution is 2.42. The second-order valence-electron chi connectivity index (χ2n) is 7.41. The molecular formula is C19H19F2N5. The van der Waals surface area contributed by atoms with E-state index >= 15 is 0 Å². The zero-order valence-corrected chi connectivity index (χ0v) is 14.2. The van der Waals surface area contributed by atoms with Crippen LogP contribution in [0.5, 0.6) is 0 Å². The van der Waals surface area contributed by atoms with Crippen LogP contribution < -0.4 is 5.32 Å². The molecule has 6 rings (SSSR count). The molecule has 0 spiro atoms. The maximum absolute atomic E-state index is 14.3. The van der Waals surface area contributed by atoms with Gasteiger partial charge >= 0.3 is 0 Å². The van der Waals surface area contributed by atoms with Crippen molar-refractivity contribution in [3.8, 4) is 11.4 Å². The Bertz CT molecular complexity index is 962. The normalized spacial score (nSPS) is 24.9. The number of anilines is 1. The van der Waals surface area contributed by atoms with Gasteiger partial charge in [0.1, 0.15) is 11.5 Å². The maximum Gasteiger partial charge on any atom is 0.183 e. The number of nitrogens with zero attached hydrogens (tertiary/aromatic N) is 3. The van der Waals surface area contributed by atoms with Crippen molar-refractivity contribution < 1.29 is 8.78 Å². The number of halogens is 2. The summed E-state index contributed by atoms with van der Waals surface area (Å²) >= 11 is 0. The average Bonchev–Trinajstić information content (AvgIpc) is 3.07. The summed E-state index contributed by atoms with van der Waals surface area (Å²) in [5, 5.41) is 3.90. The summed E-state index contributed by atoms with van der Waals surface area (Å²) in [6.45, 7) is 0. The van der Waals surface area contributed by atoms with Crippen LogP contribution >= 0.6 is 0 Å². The Hall–Kier alpha value is -2.57. The van der Waals surface area contributed by atoms with Crippen LogP contribution in [0, 0.1) is 23.5 Å². The van der Waals surface area contributed by atoms with Gasteiger partial charge in [0.2, 0.25) is 0 Å². The molecule has 2 bridgehead atoms.